The first-order chi connectivity index (χ1) is 10.6. The van der Waals surface area contributed by atoms with Gasteiger partial charge in [-0.25, -0.2) is 4.79 Å². The second-order valence-electron chi connectivity index (χ2n) is 5.91. The molecular weight excluding hydrogens is 282 g/mol. The fourth-order valence-corrected chi connectivity index (χ4v) is 2.69. The van der Waals surface area contributed by atoms with Gasteiger partial charge in [0.25, 0.3) is 0 Å². The number of amides is 2. The maximum absolute atomic E-state index is 11.9. The van der Waals surface area contributed by atoms with Gasteiger partial charge in [0.2, 0.25) is 0 Å². The van der Waals surface area contributed by atoms with Crippen molar-refractivity contribution in [3.05, 3.63) is 12.4 Å². The molecule has 0 spiro atoms. The molecule has 1 saturated heterocycles. The minimum atomic E-state index is -0.337. The molecule has 2 atom stereocenters. The van der Waals surface area contributed by atoms with Crippen molar-refractivity contribution in [3.63, 3.8) is 0 Å². The zero-order valence-corrected chi connectivity index (χ0v) is 13.5. The van der Waals surface area contributed by atoms with E-state index < -0.39 is 0 Å². The Morgan fingerprint density at radius 3 is 3.09 bits per heavy atom. The van der Waals surface area contributed by atoms with Gasteiger partial charge in [-0.1, -0.05) is 6.92 Å². The number of nitrogens with one attached hydrogen (secondary N) is 2. The largest absolute Gasteiger partial charge is 0.393 e. The molecule has 0 aliphatic carbocycles. The molecule has 1 aliphatic rings. The van der Waals surface area contributed by atoms with E-state index in [0.29, 0.717) is 19.4 Å². The van der Waals surface area contributed by atoms with Crippen LogP contribution in [0.5, 0.6) is 0 Å². The summed E-state index contributed by atoms with van der Waals surface area (Å²) in [5.74, 6) is 0. The van der Waals surface area contributed by atoms with Gasteiger partial charge in [0.1, 0.15) is 0 Å². The lowest BCUT2D eigenvalue weighted by Crippen LogP contribution is -2.50. The number of piperidine rings is 1. The van der Waals surface area contributed by atoms with Crippen molar-refractivity contribution in [2.24, 2.45) is 7.05 Å². The summed E-state index contributed by atoms with van der Waals surface area (Å²) < 4.78 is 1.79. The Morgan fingerprint density at radius 2 is 2.41 bits per heavy atom. The summed E-state index contributed by atoms with van der Waals surface area (Å²) in [7, 11) is 1.90. The monoisotopic (exact) mass is 309 g/mol. The van der Waals surface area contributed by atoms with Crippen molar-refractivity contribution in [2.75, 3.05) is 24.5 Å². The normalized spacial score (nSPS) is 19.8. The van der Waals surface area contributed by atoms with E-state index in [4.69, 9.17) is 0 Å². The van der Waals surface area contributed by atoms with Crippen LogP contribution in [0.1, 0.15) is 32.6 Å². The minimum Gasteiger partial charge on any atom is -0.393 e. The van der Waals surface area contributed by atoms with Crippen molar-refractivity contribution in [3.8, 4) is 0 Å². The molecule has 124 valence electrons. The topological polar surface area (TPSA) is 82.4 Å². The smallest absolute Gasteiger partial charge is 0.315 e. The van der Waals surface area contributed by atoms with Crippen LogP contribution in [0.15, 0.2) is 12.4 Å². The molecule has 2 heterocycles. The number of anilines is 1. The summed E-state index contributed by atoms with van der Waals surface area (Å²) in [6.45, 7) is 4.23. The Balaban J connectivity index is 1.74. The average molecular weight is 309 g/mol. The number of aliphatic hydroxyl groups excluding tert-OH is 1. The Labute approximate surface area is 131 Å². The second kappa shape index (κ2) is 8.03. The van der Waals surface area contributed by atoms with E-state index in [1.807, 2.05) is 26.4 Å². The summed E-state index contributed by atoms with van der Waals surface area (Å²) in [6, 6.07) is -0.00797. The van der Waals surface area contributed by atoms with Crippen LogP contribution in [0.4, 0.5) is 10.5 Å². The van der Waals surface area contributed by atoms with Crippen LogP contribution >= 0.6 is 0 Å². The van der Waals surface area contributed by atoms with E-state index in [2.05, 4.69) is 20.6 Å². The number of aryl methyl sites for hydroxylation is 1. The number of hydrogen-bond donors (Lipinski definition) is 3. The van der Waals surface area contributed by atoms with Crippen molar-refractivity contribution < 1.29 is 9.90 Å². The standard InChI is InChI=1S/C15H27N5O2/c1-3-14(21)6-7-16-15(22)18-12-5-4-8-20(10-12)13-9-17-19(2)11-13/h9,11-12,14,21H,3-8,10H2,1-2H3,(H2,16,18,22). The zero-order valence-electron chi connectivity index (χ0n) is 13.5. The SMILES string of the molecule is CCC(O)CCNC(=O)NC1CCCN(c2cnn(C)c2)C1. The third kappa shape index (κ3) is 4.91. The molecule has 0 saturated carbocycles. The molecule has 0 bridgehead atoms. The molecule has 1 aromatic heterocycles. The maximum Gasteiger partial charge on any atom is 0.315 e. The molecule has 7 nitrogen and oxygen atoms in total. The first kappa shape index (κ1) is 16.6. The summed E-state index contributed by atoms with van der Waals surface area (Å²) in [5.41, 5.74) is 1.10. The lowest BCUT2D eigenvalue weighted by Gasteiger charge is -2.33. The molecule has 0 radical (unpaired) electrons. The van der Waals surface area contributed by atoms with Crippen molar-refractivity contribution in [2.45, 2.75) is 44.8 Å². The van der Waals surface area contributed by atoms with Gasteiger partial charge in [-0.05, 0) is 25.7 Å². The molecule has 3 N–H and O–H groups in total. The Hall–Kier alpha value is -1.76. The number of carbonyl (C=O) groups is 1. The second-order valence-corrected chi connectivity index (χ2v) is 5.91. The van der Waals surface area contributed by atoms with Gasteiger partial charge in [-0.15, -0.1) is 0 Å². The third-order valence-corrected chi connectivity index (χ3v) is 4.05. The van der Waals surface area contributed by atoms with Gasteiger partial charge in [0, 0.05) is 38.9 Å². The van der Waals surface area contributed by atoms with E-state index in [1.54, 1.807) is 4.68 Å². The van der Waals surface area contributed by atoms with Crippen LogP contribution in [0, 0.1) is 0 Å². The highest BCUT2D eigenvalue weighted by Crippen LogP contribution is 2.18. The highest BCUT2D eigenvalue weighted by atomic mass is 16.3. The summed E-state index contributed by atoms with van der Waals surface area (Å²) in [5, 5.41) is 19.5. The minimum absolute atomic E-state index is 0.144. The van der Waals surface area contributed by atoms with Crippen molar-refractivity contribution in [1.29, 1.82) is 0 Å². The zero-order chi connectivity index (χ0) is 15.9. The van der Waals surface area contributed by atoms with Crippen LogP contribution in [0.25, 0.3) is 0 Å². The van der Waals surface area contributed by atoms with Crippen molar-refractivity contribution in [1.82, 2.24) is 20.4 Å². The van der Waals surface area contributed by atoms with Crippen LogP contribution in [-0.4, -0.2) is 52.7 Å². The molecular formula is C15H27N5O2. The van der Waals surface area contributed by atoms with E-state index in [1.165, 1.54) is 0 Å². The van der Waals surface area contributed by atoms with Crippen LogP contribution in [-0.2, 0) is 7.05 Å². The highest BCUT2D eigenvalue weighted by Gasteiger charge is 2.22. The molecule has 0 aromatic carbocycles. The van der Waals surface area contributed by atoms with E-state index in [0.717, 1.165) is 31.6 Å². The molecule has 22 heavy (non-hydrogen) atoms. The number of nitrogens with zero attached hydrogens (tertiary/aromatic N) is 3. The molecule has 2 amide bonds. The predicted molar refractivity (Wildman–Crippen MR) is 85.9 cm³/mol. The summed E-state index contributed by atoms with van der Waals surface area (Å²) in [4.78, 5) is 14.1. The van der Waals surface area contributed by atoms with E-state index in [9.17, 15) is 9.90 Å². The van der Waals surface area contributed by atoms with Gasteiger partial charge in [-0.3, -0.25) is 4.68 Å². The number of aromatic nitrogens is 2. The number of rotatable bonds is 6. The Bertz CT molecular complexity index is 476. The highest BCUT2D eigenvalue weighted by molar-refractivity contribution is 5.74. The Kier molecular flexibility index (Phi) is 6.06. The van der Waals surface area contributed by atoms with Crippen molar-refractivity contribution >= 4 is 11.7 Å². The fourth-order valence-electron chi connectivity index (χ4n) is 2.69. The van der Waals surface area contributed by atoms with E-state index in [-0.39, 0.29) is 18.2 Å². The quantitative estimate of drug-likeness (QED) is 0.727. The first-order valence-corrected chi connectivity index (χ1v) is 8.04. The van der Waals surface area contributed by atoms with Gasteiger partial charge >= 0.3 is 6.03 Å². The van der Waals surface area contributed by atoms with Gasteiger partial charge in [-0.2, -0.15) is 5.10 Å². The third-order valence-electron chi connectivity index (χ3n) is 4.05. The fraction of sp³-hybridized carbons (Fsp3) is 0.733. The molecule has 7 heteroatoms. The van der Waals surface area contributed by atoms with Gasteiger partial charge < -0.3 is 20.6 Å². The number of carbonyl (C=O) groups excluding carboxylic acids is 1. The predicted octanol–water partition coefficient (Wildman–Crippen LogP) is 0.849. The van der Waals surface area contributed by atoms with Crippen LogP contribution in [0.2, 0.25) is 0 Å². The Morgan fingerprint density at radius 1 is 1.59 bits per heavy atom. The lowest BCUT2D eigenvalue weighted by atomic mass is 10.1. The number of urea groups is 1. The van der Waals surface area contributed by atoms with Crippen LogP contribution < -0.4 is 15.5 Å². The lowest BCUT2D eigenvalue weighted by molar-refractivity contribution is 0.160. The van der Waals surface area contributed by atoms with Crippen LogP contribution in [0.3, 0.4) is 0 Å². The number of hydrogen-bond acceptors (Lipinski definition) is 4. The first-order valence-electron chi connectivity index (χ1n) is 8.04. The van der Waals surface area contributed by atoms with Gasteiger partial charge in [0.15, 0.2) is 0 Å². The number of aliphatic hydroxyl groups is 1. The van der Waals surface area contributed by atoms with Gasteiger partial charge in [0.05, 0.1) is 18.0 Å². The maximum atomic E-state index is 11.9. The van der Waals surface area contributed by atoms with E-state index >= 15 is 0 Å². The summed E-state index contributed by atoms with van der Waals surface area (Å²) in [6.07, 6.45) is 6.86. The molecule has 1 aliphatic heterocycles. The molecule has 2 unspecified atom stereocenters. The molecule has 1 fully saturated rings. The summed E-state index contributed by atoms with van der Waals surface area (Å²) >= 11 is 0. The average Bonchev–Trinajstić information content (AvgIpc) is 2.94. The molecule has 2 rings (SSSR count). The molecule has 1 aromatic rings.